The molecule has 1 fully saturated rings. The molecule has 2 aromatic carbocycles. The molecule has 2 N–H and O–H groups in total. The van der Waals surface area contributed by atoms with Gasteiger partial charge >= 0.3 is 0 Å². The zero-order chi connectivity index (χ0) is 23.5. The van der Waals surface area contributed by atoms with Crippen molar-refractivity contribution in [1.29, 1.82) is 0 Å². The van der Waals surface area contributed by atoms with Crippen LogP contribution in [0, 0.1) is 0 Å². The molecule has 178 valence electrons. The first kappa shape index (κ1) is 22.8. The summed E-state index contributed by atoms with van der Waals surface area (Å²) in [6.45, 7) is 0.599. The Labute approximate surface area is 206 Å². The van der Waals surface area contributed by atoms with Crippen molar-refractivity contribution in [3.05, 3.63) is 64.3 Å². The molecule has 5 rings (SSSR count). The van der Waals surface area contributed by atoms with Gasteiger partial charge in [-0.05, 0) is 68.1 Å². The number of anilines is 1. The number of halogens is 2. The molecule has 1 amide bonds. The first-order valence-corrected chi connectivity index (χ1v) is 12.0. The number of rotatable bonds is 6. The van der Waals surface area contributed by atoms with Gasteiger partial charge in [-0.1, -0.05) is 23.2 Å². The Morgan fingerprint density at radius 2 is 1.82 bits per heavy atom. The molecular formula is C24H24Cl2N4O4. The Balaban J connectivity index is 1.08. The van der Waals surface area contributed by atoms with Crippen molar-refractivity contribution >= 4 is 34.8 Å². The molecule has 1 unspecified atom stereocenters. The lowest BCUT2D eigenvalue weighted by atomic mass is 9.86. The summed E-state index contributed by atoms with van der Waals surface area (Å²) in [5, 5.41) is 15.9. The Hall–Kier alpha value is -2.97. The number of hydrogen-bond acceptors (Lipinski definition) is 7. The van der Waals surface area contributed by atoms with Gasteiger partial charge in [0.25, 0.3) is 11.8 Å². The van der Waals surface area contributed by atoms with Gasteiger partial charge in [-0.3, -0.25) is 4.79 Å². The minimum Gasteiger partial charge on any atom is -0.484 e. The average molecular weight is 503 g/mol. The summed E-state index contributed by atoms with van der Waals surface area (Å²) in [5.41, 5.74) is 0.801. The minimum atomic E-state index is -0.578. The quantitative estimate of drug-likeness (QED) is 0.490. The van der Waals surface area contributed by atoms with E-state index in [9.17, 15) is 4.79 Å². The summed E-state index contributed by atoms with van der Waals surface area (Å²) in [6.07, 6.45) is 2.81. The molecule has 0 spiro atoms. The molecule has 1 atom stereocenters. The van der Waals surface area contributed by atoms with Crippen LogP contribution in [0.25, 0.3) is 0 Å². The highest BCUT2D eigenvalue weighted by atomic mass is 35.5. The second-order valence-corrected chi connectivity index (χ2v) is 9.33. The number of benzene rings is 2. The van der Waals surface area contributed by atoms with Gasteiger partial charge in [0.1, 0.15) is 11.5 Å². The van der Waals surface area contributed by atoms with Crippen LogP contribution < -0.4 is 20.1 Å². The zero-order valence-corrected chi connectivity index (χ0v) is 19.8. The van der Waals surface area contributed by atoms with Gasteiger partial charge in [-0.2, -0.15) is 0 Å². The first-order chi connectivity index (χ1) is 16.5. The Bertz CT molecular complexity index is 1150. The predicted molar refractivity (Wildman–Crippen MR) is 128 cm³/mol. The van der Waals surface area contributed by atoms with E-state index in [2.05, 4.69) is 20.8 Å². The fraction of sp³-hybridized carbons (Fsp3) is 0.375. The van der Waals surface area contributed by atoms with Gasteiger partial charge in [0.2, 0.25) is 5.89 Å². The molecule has 2 heterocycles. The largest absolute Gasteiger partial charge is 0.484 e. The van der Waals surface area contributed by atoms with Crippen molar-refractivity contribution < 1.29 is 18.7 Å². The van der Waals surface area contributed by atoms with Crippen molar-refractivity contribution in [3.8, 4) is 11.5 Å². The molecule has 1 aliphatic carbocycles. The fourth-order valence-corrected chi connectivity index (χ4v) is 4.53. The molecule has 3 aromatic rings. The number of fused-ring (bicyclic) bond motifs is 1. The lowest BCUT2D eigenvalue weighted by Gasteiger charge is -2.31. The van der Waals surface area contributed by atoms with Crippen LogP contribution in [0.4, 0.5) is 5.69 Å². The molecule has 2 aliphatic rings. The van der Waals surface area contributed by atoms with Gasteiger partial charge in [-0.25, -0.2) is 0 Å². The van der Waals surface area contributed by atoms with Crippen LogP contribution in [-0.4, -0.2) is 34.8 Å². The van der Waals surface area contributed by atoms with E-state index in [1.54, 1.807) is 42.5 Å². The maximum atomic E-state index is 12.7. The minimum absolute atomic E-state index is 0.0922. The van der Waals surface area contributed by atoms with Crippen LogP contribution in [0.3, 0.4) is 0 Å². The standard InChI is InChI=1S/C24H24Cl2N4O4/c25-15-3-8-18(9-4-15)32-13-22-29-30-24(34-22)14-1-6-17(7-2-14)28-23(31)21-12-27-19-11-16(26)5-10-20(19)33-21/h3-5,8-11,14,17,21,27H,1-2,6-7,12-13H2,(H,28,31)/t14-,17-,21?. The lowest BCUT2D eigenvalue weighted by molar-refractivity contribution is -0.128. The monoisotopic (exact) mass is 502 g/mol. The number of nitrogens with one attached hydrogen (secondary N) is 2. The molecule has 0 radical (unpaired) electrons. The second-order valence-electron chi connectivity index (χ2n) is 8.46. The third kappa shape index (κ3) is 5.39. The lowest BCUT2D eigenvalue weighted by Crippen LogP contribution is -2.48. The van der Waals surface area contributed by atoms with E-state index in [1.807, 2.05) is 0 Å². The summed E-state index contributed by atoms with van der Waals surface area (Å²) in [4.78, 5) is 12.7. The fourth-order valence-electron chi connectivity index (χ4n) is 4.23. The zero-order valence-electron chi connectivity index (χ0n) is 18.3. The van der Waals surface area contributed by atoms with E-state index in [4.69, 9.17) is 37.1 Å². The number of ether oxygens (including phenoxy) is 2. The average Bonchev–Trinajstić information content (AvgIpc) is 3.33. The maximum absolute atomic E-state index is 12.7. The molecule has 34 heavy (non-hydrogen) atoms. The van der Waals surface area contributed by atoms with E-state index < -0.39 is 6.10 Å². The second kappa shape index (κ2) is 10.1. The topological polar surface area (TPSA) is 98.5 Å². The third-order valence-electron chi connectivity index (χ3n) is 6.06. The van der Waals surface area contributed by atoms with Crippen molar-refractivity contribution in [2.75, 3.05) is 11.9 Å². The van der Waals surface area contributed by atoms with Gasteiger partial charge < -0.3 is 24.5 Å². The molecule has 1 saturated carbocycles. The van der Waals surface area contributed by atoms with Crippen LogP contribution in [-0.2, 0) is 11.4 Å². The Morgan fingerprint density at radius 3 is 2.62 bits per heavy atom. The molecule has 1 aliphatic heterocycles. The molecule has 8 nitrogen and oxygen atoms in total. The smallest absolute Gasteiger partial charge is 0.263 e. The van der Waals surface area contributed by atoms with E-state index in [-0.39, 0.29) is 24.5 Å². The van der Waals surface area contributed by atoms with Crippen molar-refractivity contribution in [2.45, 2.75) is 50.4 Å². The summed E-state index contributed by atoms with van der Waals surface area (Å²) >= 11 is 11.9. The highest BCUT2D eigenvalue weighted by molar-refractivity contribution is 6.31. The highest BCUT2D eigenvalue weighted by Gasteiger charge is 2.31. The van der Waals surface area contributed by atoms with Crippen LogP contribution in [0.1, 0.15) is 43.4 Å². The van der Waals surface area contributed by atoms with Gasteiger partial charge in [-0.15, -0.1) is 10.2 Å². The summed E-state index contributed by atoms with van der Waals surface area (Å²) in [6, 6.07) is 12.5. The number of aromatic nitrogens is 2. The molecule has 0 saturated heterocycles. The molecular weight excluding hydrogens is 479 g/mol. The summed E-state index contributed by atoms with van der Waals surface area (Å²) < 4.78 is 17.4. The van der Waals surface area contributed by atoms with E-state index in [1.165, 1.54) is 0 Å². The number of amides is 1. The number of carbonyl (C=O) groups excluding carboxylic acids is 1. The van der Waals surface area contributed by atoms with Gasteiger partial charge in [0, 0.05) is 22.0 Å². The van der Waals surface area contributed by atoms with Crippen LogP contribution >= 0.6 is 23.2 Å². The predicted octanol–water partition coefficient (Wildman–Crippen LogP) is 4.97. The van der Waals surface area contributed by atoms with Crippen LogP contribution in [0.2, 0.25) is 10.0 Å². The summed E-state index contributed by atoms with van der Waals surface area (Å²) in [5.74, 6) is 2.43. The van der Waals surface area contributed by atoms with Crippen molar-refractivity contribution in [1.82, 2.24) is 15.5 Å². The molecule has 0 bridgehead atoms. The van der Waals surface area contributed by atoms with Crippen LogP contribution in [0.15, 0.2) is 46.9 Å². The first-order valence-electron chi connectivity index (χ1n) is 11.2. The SMILES string of the molecule is O=C(N[C@H]1CC[C@H](c2nnc(COc3ccc(Cl)cc3)o2)CC1)C1CNc2cc(Cl)ccc2O1. The van der Waals surface area contributed by atoms with E-state index in [0.717, 1.165) is 31.4 Å². The third-order valence-corrected chi connectivity index (χ3v) is 6.55. The van der Waals surface area contributed by atoms with Crippen LogP contribution in [0.5, 0.6) is 11.5 Å². The van der Waals surface area contributed by atoms with Gasteiger partial charge in [0.05, 0.1) is 12.2 Å². The number of nitrogens with zero attached hydrogens (tertiary/aromatic N) is 2. The summed E-state index contributed by atoms with van der Waals surface area (Å²) in [7, 11) is 0. The molecule has 1 aromatic heterocycles. The Morgan fingerprint density at radius 1 is 1.06 bits per heavy atom. The van der Waals surface area contributed by atoms with E-state index >= 15 is 0 Å². The van der Waals surface area contributed by atoms with E-state index in [0.29, 0.717) is 39.9 Å². The number of carbonyl (C=O) groups is 1. The number of hydrogen-bond donors (Lipinski definition) is 2. The molecule has 10 heteroatoms. The van der Waals surface area contributed by atoms with Crippen molar-refractivity contribution in [3.63, 3.8) is 0 Å². The highest BCUT2D eigenvalue weighted by Crippen LogP contribution is 2.34. The van der Waals surface area contributed by atoms with Gasteiger partial charge in [0.15, 0.2) is 12.7 Å². The normalized spacial score (nSPS) is 21.6. The maximum Gasteiger partial charge on any atom is 0.263 e. The van der Waals surface area contributed by atoms with Crippen molar-refractivity contribution in [2.24, 2.45) is 0 Å². The Kier molecular flexibility index (Phi) is 6.78.